The molecule has 0 unspecified atom stereocenters. The normalized spacial score (nSPS) is 10.1. The van der Waals surface area contributed by atoms with Gasteiger partial charge < -0.3 is 19.5 Å². The molecule has 3 rings (SSSR count). The Morgan fingerprint density at radius 3 is 2.39 bits per heavy atom. The van der Waals surface area contributed by atoms with Crippen molar-refractivity contribution < 1.29 is 19.0 Å². The van der Waals surface area contributed by atoms with E-state index in [1.165, 1.54) is 44.3 Å². The van der Waals surface area contributed by atoms with Crippen LogP contribution in [0.1, 0.15) is 15.9 Å². The lowest BCUT2D eigenvalue weighted by atomic mass is 10.1. The minimum absolute atomic E-state index is 0.200. The van der Waals surface area contributed by atoms with E-state index in [-0.39, 0.29) is 16.9 Å². The van der Waals surface area contributed by atoms with E-state index in [4.69, 9.17) is 14.2 Å². The number of aromatic nitrogens is 3. The van der Waals surface area contributed by atoms with Crippen LogP contribution in [-0.4, -0.2) is 42.0 Å². The van der Waals surface area contributed by atoms with Crippen molar-refractivity contribution in [2.24, 2.45) is 0 Å². The number of nitriles is 1. The average Bonchev–Trinajstić information content (AvgIpc) is 3.15. The van der Waals surface area contributed by atoms with Gasteiger partial charge >= 0.3 is 0 Å². The number of nitrogens with zero attached hydrogens (tertiary/aromatic N) is 4. The number of ether oxygens (including phenoxy) is 3. The zero-order valence-corrected chi connectivity index (χ0v) is 15.5. The molecule has 1 N–H and O–H groups in total. The number of rotatable bonds is 6. The Labute approximate surface area is 161 Å². The predicted molar refractivity (Wildman–Crippen MR) is 100 cm³/mol. The average molecular weight is 379 g/mol. The summed E-state index contributed by atoms with van der Waals surface area (Å²) < 4.78 is 17.2. The Hall–Kier alpha value is -4.06. The summed E-state index contributed by atoms with van der Waals surface area (Å²) in [4.78, 5) is 17.1. The van der Waals surface area contributed by atoms with E-state index in [1.807, 2.05) is 6.07 Å². The number of amides is 1. The highest BCUT2D eigenvalue weighted by Gasteiger charge is 2.20. The van der Waals surface area contributed by atoms with Gasteiger partial charge in [0.05, 0.1) is 27.5 Å². The van der Waals surface area contributed by atoms with Crippen molar-refractivity contribution in [1.29, 1.82) is 5.26 Å². The second kappa shape index (κ2) is 8.09. The smallest absolute Gasteiger partial charge is 0.257 e. The fourth-order valence-electron chi connectivity index (χ4n) is 2.60. The molecular formula is C19H17N5O4. The monoisotopic (exact) mass is 379 g/mol. The number of methoxy groups -OCH3 is 3. The van der Waals surface area contributed by atoms with Crippen LogP contribution in [0.5, 0.6) is 17.2 Å². The number of hydrogen-bond donors (Lipinski definition) is 1. The van der Waals surface area contributed by atoms with Crippen molar-refractivity contribution >= 4 is 11.7 Å². The summed E-state index contributed by atoms with van der Waals surface area (Å²) in [5.74, 6) is 1.24. The maximum Gasteiger partial charge on any atom is 0.257 e. The quantitative estimate of drug-likeness (QED) is 0.700. The zero-order valence-electron chi connectivity index (χ0n) is 15.5. The van der Waals surface area contributed by atoms with E-state index in [9.17, 15) is 10.1 Å². The second-order valence-electron chi connectivity index (χ2n) is 5.49. The first-order chi connectivity index (χ1) is 13.6. The van der Waals surface area contributed by atoms with E-state index in [0.29, 0.717) is 23.1 Å². The Bertz CT molecular complexity index is 1020. The third kappa shape index (κ3) is 3.43. The van der Waals surface area contributed by atoms with Gasteiger partial charge in [0.1, 0.15) is 11.6 Å². The van der Waals surface area contributed by atoms with Crippen molar-refractivity contribution in [1.82, 2.24) is 14.8 Å². The summed E-state index contributed by atoms with van der Waals surface area (Å²) in [6, 6.07) is 10.3. The van der Waals surface area contributed by atoms with Gasteiger partial charge in [-0.15, -0.1) is 0 Å². The minimum atomic E-state index is -0.478. The van der Waals surface area contributed by atoms with Gasteiger partial charge in [-0.2, -0.15) is 15.0 Å². The zero-order chi connectivity index (χ0) is 20.1. The summed E-state index contributed by atoms with van der Waals surface area (Å²) >= 11 is 0. The van der Waals surface area contributed by atoms with Gasteiger partial charge in [0, 0.05) is 11.8 Å². The standard InChI is InChI=1S/C19H17N5O4/c1-26-14-8-12(9-15(27-2)17(14)28-3)19(25)23-18-13(10-20)11-22-24(18)16-6-4-5-7-21-16/h4-9,11H,1-3H3,(H,23,25). The topological polar surface area (TPSA) is 111 Å². The molecule has 0 radical (unpaired) electrons. The number of hydrogen-bond acceptors (Lipinski definition) is 7. The van der Waals surface area contributed by atoms with Crippen LogP contribution in [0, 0.1) is 11.3 Å². The number of carbonyl (C=O) groups excluding carboxylic acids is 1. The fourth-order valence-corrected chi connectivity index (χ4v) is 2.60. The minimum Gasteiger partial charge on any atom is -0.493 e. The van der Waals surface area contributed by atoms with Crippen molar-refractivity contribution in [3.63, 3.8) is 0 Å². The Balaban J connectivity index is 2.01. The molecule has 28 heavy (non-hydrogen) atoms. The number of anilines is 1. The molecule has 0 aliphatic rings. The van der Waals surface area contributed by atoms with Crippen LogP contribution in [0.4, 0.5) is 5.82 Å². The van der Waals surface area contributed by atoms with Crippen molar-refractivity contribution in [2.45, 2.75) is 0 Å². The molecule has 0 spiro atoms. The van der Waals surface area contributed by atoms with Crippen LogP contribution < -0.4 is 19.5 Å². The SMILES string of the molecule is COc1cc(C(=O)Nc2c(C#N)cnn2-c2ccccn2)cc(OC)c1OC. The van der Waals surface area contributed by atoms with Gasteiger partial charge in [-0.05, 0) is 24.3 Å². The third-order valence-electron chi connectivity index (χ3n) is 3.91. The Morgan fingerprint density at radius 2 is 1.86 bits per heavy atom. The molecule has 0 saturated heterocycles. The van der Waals surface area contributed by atoms with Crippen LogP contribution in [0.25, 0.3) is 5.82 Å². The van der Waals surface area contributed by atoms with E-state index in [2.05, 4.69) is 15.4 Å². The molecule has 0 saturated carbocycles. The predicted octanol–water partition coefficient (Wildman–Crippen LogP) is 2.42. The number of benzene rings is 1. The van der Waals surface area contributed by atoms with Crippen molar-refractivity contribution in [3.8, 4) is 29.1 Å². The van der Waals surface area contributed by atoms with Crippen molar-refractivity contribution in [2.75, 3.05) is 26.6 Å². The lowest BCUT2D eigenvalue weighted by Gasteiger charge is -2.14. The van der Waals surface area contributed by atoms with E-state index >= 15 is 0 Å². The van der Waals surface area contributed by atoms with Gasteiger partial charge in [0.15, 0.2) is 23.1 Å². The fraction of sp³-hybridized carbons (Fsp3) is 0.158. The van der Waals surface area contributed by atoms with Gasteiger partial charge in [-0.25, -0.2) is 4.98 Å². The van der Waals surface area contributed by atoms with E-state index in [1.54, 1.807) is 24.4 Å². The summed E-state index contributed by atoms with van der Waals surface area (Å²) in [5, 5.41) is 16.2. The van der Waals surface area contributed by atoms with Crippen LogP contribution >= 0.6 is 0 Å². The molecular weight excluding hydrogens is 362 g/mol. The highest BCUT2D eigenvalue weighted by atomic mass is 16.5. The first-order valence-electron chi connectivity index (χ1n) is 8.13. The Kier molecular flexibility index (Phi) is 5.41. The maximum atomic E-state index is 12.9. The molecule has 142 valence electrons. The summed E-state index contributed by atoms with van der Waals surface area (Å²) in [7, 11) is 4.40. The molecule has 0 atom stereocenters. The first-order valence-corrected chi connectivity index (χ1v) is 8.13. The van der Waals surface area contributed by atoms with Gasteiger partial charge in [0.2, 0.25) is 5.75 Å². The number of pyridine rings is 1. The third-order valence-corrected chi connectivity index (χ3v) is 3.91. The molecule has 9 nitrogen and oxygen atoms in total. The summed E-state index contributed by atoms with van der Waals surface area (Å²) in [5.41, 5.74) is 0.457. The van der Waals surface area contributed by atoms with Gasteiger partial charge in [-0.1, -0.05) is 6.07 Å². The molecule has 1 amide bonds. The van der Waals surface area contributed by atoms with E-state index < -0.39 is 5.91 Å². The molecule has 1 aromatic carbocycles. The number of carbonyl (C=O) groups is 1. The van der Waals surface area contributed by atoms with E-state index in [0.717, 1.165) is 0 Å². The van der Waals surface area contributed by atoms with Crippen molar-refractivity contribution in [3.05, 3.63) is 53.9 Å². The molecule has 2 aromatic heterocycles. The van der Waals surface area contributed by atoms with Gasteiger partial charge in [0.25, 0.3) is 5.91 Å². The largest absolute Gasteiger partial charge is 0.493 e. The maximum absolute atomic E-state index is 12.9. The highest BCUT2D eigenvalue weighted by Crippen LogP contribution is 2.38. The molecule has 3 aromatic rings. The lowest BCUT2D eigenvalue weighted by molar-refractivity contribution is 0.102. The van der Waals surface area contributed by atoms with Crippen LogP contribution in [0.2, 0.25) is 0 Å². The summed E-state index contributed by atoms with van der Waals surface area (Å²) in [6.45, 7) is 0. The molecule has 9 heteroatoms. The van der Waals surface area contributed by atoms with Crippen LogP contribution in [0.3, 0.4) is 0 Å². The molecule has 0 aliphatic carbocycles. The number of nitrogens with one attached hydrogen (secondary N) is 1. The molecule has 0 fully saturated rings. The molecule has 0 aliphatic heterocycles. The highest BCUT2D eigenvalue weighted by molar-refractivity contribution is 6.05. The first kappa shape index (κ1) is 18.7. The summed E-state index contributed by atoms with van der Waals surface area (Å²) in [6.07, 6.45) is 2.95. The molecule has 2 heterocycles. The molecule has 0 bridgehead atoms. The van der Waals surface area contributed by atoms with Crippen LogP contribution in [-0.2, 0) is 0 Å². The lowest BCUT2D eigenvalue weighted by Crippen LogP contribution is -2.17. The van der Waals surface area contributed by atoms with Gasteiger partial charge in [-0.3, -0.25) is 4.79 Å². The van der Waals surface area contributed by atoms with Crippen LogP contribution in [0.15, 0.2) is 42.7 Å². The second-order valence-corrected chi connectivity index (χ2v) is 5.49. The Morgan fingerprint density at radius 1 is 1.14 bits per heavy atom.